The van der Waals surface area contributed by atoms with Crippen LogP contribution in [0.3, 0.4) is 0 Å². The molecule has 0 radical (unpaired) electrons. The van der Waals surface area contributed by atoms with Gasteiger partial charge < -0.3 is 15.0 Å². The van der Waals surface area contributed by atoms with Crippen LogP contribution in [-0.4, -0.2) is 84.0 Å². The summed E-state index contributed by atoms with van der Waals surface area (Å²) in [5, 5.41) is 9.34. The molecule has 236 valence electrons. The molecule has 0 saturated carbocycles. The summed E-state index contributed by atoms with van der Waals surface area (Å²) in [6.45, 7) is 10.8. The van der Waals surface area contributed by atoms with Gasteiger partial charge in [-0.05, 0) is 55.8 Å². The highest BCUT2D eigenvalue weighted by Crippen LogP contribution is 2.39. The smallest absolute Gasteiger partial charge is 0.256 e. The van der Waals surface area contributed by atoms with Gasteiger partial charge in [0.2, 0.25) is 0 Å². The van der Waals surface area contributed by atoms with Crippen LogP contribution in [0.5, 0.6) is 0 Å². The van der Waals surface area contributed by atoms with Crippen LogP contribution >= 0.6 is 0 Å². The first-order valence-corrected chi connectivity index (χ1v) is 18.3. The number of ether oxygens (including phenoxy) is 1. The van der Waals surface area contributed by atoms with Crippen LogP contribution < -0.4 is 10.2 Å². The molecule has 5 rings (SSSR count). The number of sulfone groups is 1. The lowest BCUT2D eigenvalue weighted by atomic mass is 9.88. The van der Waals surface area contributed by atoms with Crippen molar-refractivity contribution in [3.05, 3.63) is 54.6 Å². The molecule has 1 aromatic carbocycles. The highest BCUT2D eigenvalue weighted by atomic mass is 32.2. The first-order valence-electron chi connectivity index (χ1n) is 14.6. The maximum absolute atomic E-state index is 12.7. The summed E-state index contributed by atoms with van der Waals surface area (Å²) in [6.07, 6.45) is 7.47. The zero-order valence-corrected chi connectivity index (χ0v) is 27.4. The number of nitrogens with zero attached hydrogens (tertiary/aromatic N) is 6. The standard InChI is InChI=1S/C30H39N7O5S2/c1-19(2)24-7-8-27(36-16-23(21(36)5)18-43(6,38)39)26-15-32-29(13-25(24)26)34-28-9-10-31-30(35-28)22-14-33-37(17-22)44(40,41)12-11-42-20(3)4/h7-10,13-15,17,19-21,23H,11-12,16,18H2,1-6H3,(H,31,32,34,35)/t21-,23-/m1/s1. The maximum atomic E-state index is 12.7. The molecule has 4 aromatic rings. The molecule has 1 N–H and O–H groups in total. The summed E-state index contributed by atoms with van der Waals surface area (Å²) in [4.78, 5) is 15.8. The van der Waals surface area contributed by atoms with E-state index in [1.807, 2.05) is 26.1 Å². The Balaban J connectivity index is 1.38. The van der Waals surface area contributed by atoms with Crippen LogP contribution in [-0.2, 0) is 24.6 Å². The van der Waals surface area contributed by atoms with Gasteiger partial charge in [0.25, 0.3) is 10.0 Å². The Morgan fingerprint density at radius 2 is 1.80 bits per heavy atom. The fourth-order valence-electron chi connectivity index (χ4n) is 5.41. The molecule has 0 bridgehead atoms. The highest BCUT2D eigenvalue weighted by Gasteiger charge is 2.38. The monoisotopic (exact) mass is 641 g/mol. The Morgan fingerprint density at radius 3 is 2.48 bits per heavy atom. The second-order valence-electron chi connectivity index (χ2n) is 11.9. The largest absolute Gasteiger partial charge is 0.378 e. The molecule has 1 aliphatic heterocycles. The minimum atomic E-state index is -3.69. The Labute approximate surface area is 258 Å². The zero-order valence-electron chi connectivity index (χ0n) is 25.8. The number of aromatic nitrogens is 5. The fraction of sp³-hybridized carbons (Fsp3) is 0.467. The van der Waals surface area contributed by atoms with E-state index in [1.54, 1.807) is 12.3 Å². The van der Waals surface area contributed by atoms with Gasteiger partial charge in [0, 0.05) is 48.2 Å². The number of hydrogen-bond donors (Lipinski definition) is 1. The lowest BCUT2D eigenvalue weighted by Crippen LogP contribution is -2.57. The van der Waals surface area contributed by atoms with Gasteiger partial charge in [-0.25, -0.2) is 31.8 Å². The van der Waals surface area contributed by atoms with Crippen molar-refractivity contribution in [2.24, 2.45) is 5.92 Å². The molecule has 4 heterocycles. The van der Waals surface area contributed by atoms with Crippen molar-refractivity contribution >= 4 is 48.0 Å². The van der Waals surface area contributed by atoms with Crippen molar-refractivity contribution in [2.45, 2.75) is 52.7 Å². The molecule has 2 atom stereocenters. The lowest BCUT2D eigenvalue weighted by Gasteiger charge is -2.48. The molecular weight excluding hydrogens is 603 g/mol. The lowest BCUT2D eigenvalue weighted by molar-refractivity contribution is 0.0911. The number of benzene rings is 1. The van der Waals surface area contributed by atoms with E-state index in [0.717, 1.165) is 20.5 Å². The van der Waals surface area contributed by atoms with Gasteiger partial charge >= 0.3 is 0 Å². The van der Waals surface area contributed by atoms with Gasteiger partial charge in [-0.3, -0.25) is 0 Å². The molecule has 0 spiro atoms. The molecule has 0 amide bonds. The third-order valence-corrected chi connectivity index (χ3v) is 10.3. The number of fused-ring (bicyclic) bond motifs is 1. The third kappa shape index (κ3) is 7.02. The predicted molar refractivity (Wildman–Crippen MR) is 173 cm³/mol. The highest BCUT2D eigenvalue weighted by molar-refractivity contribution is 7.90. The summed E-state index contributed by atoms with van der Waals surface area (Å²) in [5.74, 6) is 1.75. The molecule has 14 heteroatoms. The molecule has 1 fully saturated rings. The normalized spacial score (nSPS) is 17.4. The minimum Gasteiger partial charge on any atom is -0.378 e. The van der Waals surface area contributed by atoms with Crippen molar-refractivity contribution < 1.29 is 21.6 Å². The Kier molecular flexibility index (Phi) is 8.96. The van der Waals surface area contributed by atoms with Gasteiger partial charge in [0.05, 0.1) is 42.2 Å². The molecule has 1 saturated heterocycles. The van der Waals surface area contributed by atoms with E-state index < -0.39 is 19.9 Å². The van der Waals surface area contributed by atoms with Crippen molar-refractivity contribution in [3.8, 4) is 11.4 Å². The number of hydrogen-bond acceptors (Lipinski definition) is 11. The van der Waals surface area contributed by atoms with Gasteiger partial charge in [-0.15, -0.1) is 0 Å². The van der Waals surface area contributed by atoms with Crippen molar-refractivity contribution in [3.63, 3.8) is 0 Å². The molecule has 3 aromatic heterocycles. The van der Waals surface area contributed by atoms with Gasteiger partial charge in [0.1, 0.15) is 21.5 Å². The van der Waals surface area contributed by atoms with Crippen LogP contribution in [0.25, 0.3) is 22.2 Å². The molecular formula is C30H39N7O5S2. The van der Waals surface area contributed by atoms with E-state index >= 15 is 0 Å². The first-order chi connectivity index (χ1) is 20.7. The summed E-state index contributed by atoms with van der Waals surface area (Å²) < 4.78 is 55.3. The number of pyridine rings is 1. The number of nitrogens with one attached hydrogen (secondary N) is 1. The van der Waals surface area contributed by atoms with E-state index in [2.05, 4.69) is 63.2 Å². The molecule has 0 aliphatic carbocycles. The molecule has 1 aliphatic rings. The second kappa shape index (κ2) is 12.4. The van der Waals surface area contributed by atoms with Gasteiger partial charge in [0.15, 0.2) is 5.82 Å². The van der Waals surface area contributed by atoms with E-state index in [9.17, 15) is 16.8 Å². The van der Waals surface area contributed by atoms with E-state index in [0.29, 0.717) is 29.6 Å². The molecule has 12 nitrogen and oxygen atoms in total. The number of anilines is 3. The predicted octanol–water partition coefficient (Wildman–Crippen LogP) is 4.23. The van der Waals surface area contributed by atoms with E-state index in [4.69, 9.17) is 4.74 Å². The van der Waals surface area contributed by atoms with Gasteiger partial charge in [-0.2, -0.15) is 9.19 Å². The SMILES string of the molecule is CC(C)OCCS(=O)(=O)n1cc(-c2nccc(Nc3cc4c(C(C)C)ccc(N5C[C@H](CS(C)(=O)=O)[C@H]5C)c4cn3)n2)cn1. The Bertz CT molecular complexity index is 1870. The Hall–Kier alpha value is -3.62. The average molecular weight is 642 g/mol. The van der Waals surface area contributed by atoms with Crippen LogP contribution in [0.4, 0.5) is 17.3 Å². The van der Waals surface area contributed by atoms with Gasteiger partial charge in [-0.1, -0.05) is 19.9 Å². The van der Waals surface area contributed by atoms with Crippen LogP contribution in [0.1, 0.15) is 46.1 Å². The van der Waals surface area contributed by atoms with Crippen LogP contribution in [0.15, 0.2) is 49.1 Å². The topological polar surface area (TPSA) is 149 Å². The quantitative estimate of drug-likeness (QED) is 0.237. The minimum absolute atomic E-state index is 0.0659. The maximum Gasteiger partial charge on any atom is 0.256 e. The van der Waals surface area contributed by atoms with Crippen LogP contribution in [0, 0.1) is 5.92 Å². The summed E-state index contributed by atoms with van der Waals surface area (Å²) in [7, 11) is -6.73. The summed E-state index contributed by atoms with van der Waals surface area (Å²) >= 11 is 0. The zero-order chi connectivity index (χ0) is 31.8. The Morgan fingerprint density at radius 1 is 1.02 bits per heavy atom. The molecule has 44 heavy (non-hydrogen) atoms. The van der Waals surface area contributed by atoms with Crippen molar-refractivity contribution in [1.82, 2.24) is 24.1 Å². The first kappa shape index (κ1) is 31.8. The van der Waals surface area contributed by atoms with E-state index in [-0.39, 0.29) is 42.1 Å². The third-order valence-electron chi connectivity index (χ3n) is 7.77. The fourth-order valence-corrected chi connectivity index (χ4v) is 7.53. The number of rotatable bonds is 12. The van der Waals surface area contributed by atoms with E-state index in [1.165, 1.54) is 24.2 Å². The van der Waals surface area contributed by atoms with Crippen LogP contribution in [0.2, 0.25) is 0 Å². The second-order valence-corrected chi connectivity index (χ2v) is 16.0. The summed E-state index contributed by atoms with van der Waals surface area (Å²) in [6, 6.07) is 8.05. The summed E-state index contributed by atoms with van der Waals surface area (Å²) in [5.41, 5.74) is 2.66. The van der Waals surface area contributed by atoms with Crippen molar-refractivity contribution in [1.29, 1.82) is 0 Å². The molecule has 0 unspecified atom stereocenters. The average Bonchev–Trinajstić information content (AvgIpc) is 3.45. The van der Waals surface area contributed by atoms with Crippen molar-refractivity contribution in [2.75, 3.05) is 41.1 Å².